The number of fused-ring (bicyclic) bond motifs is 1. The van der Waals surface area contributed by atoms with E-state index in [9.17, 15) is 9.59 Å². The lowest BCUT2D eigenvalue weighted by molar-refractivity contribution is -0.115. The minimum atomic E-state index is -0.0935. The number of aromatic nitrogens is 2. The highest BCUT2D eigenvalue weighted by Gasteiger charge is 2.29. The Hall–Kier alpha value is -3.25. The predicted molar refractivity (Wildman–Crippen MR) is 120 cm³/mol. The van der Waals surface area contributed by atoms with Gasteiger partial charge in [-0.15, -0.1) is 11.3 Å². The van der Waals surface area contributed by atoms with Crippen molar-refractivity contribution in [1.29, 1.82) is 0 Å². The van der Waals surface area contributed by atoms with E-state index in [2.05, 4.69) is 5.32 Å². The highest BCUT2D eigenvalue weighted by Crippen LogP contribution is 2.39. The molecule has 2 aromatic heterocycles. The molecule has 0 saturated heterocycles. The second-order valence-corrected chi connectivity index (χ2v) is 8.69. The van der Waals surface area contributed by atoms with Crippen LogP contribution in [0.1, 0.15) is 35.0 Å². The summed E-state index contributed by atoms with van der Waals surface area (Å²) in [6, 6.07) is 19.2. The molecule has 5 nitrogen and oxygen atoms in total. The zero-order valence-electron chi connectivity index (χ0n) is 16.4. The lowest BCUT2D eigenvalue weighted by Crippen LogP contribution is -2.26. The third-order valence-electron chi connectivity index (χ3n) is 5.31. The zero-order chi connectivity index (χ0) is 20.5. The Bertz CT molecular complexity index is 1260. The smallest absolute Gasteiger partial charge is 0.261 e. The van der Waals surface area contributed by atoms with Crippen molar-refractivity contribution in [2.45, 2.75) is 31.7 Å². The van der Waals surface area contributed by atoms with E-state index in [-0.39, 0.29) is 11.5 Å². The Labute approximate surface area is 178 Å². The van der Waals surface area contributed by atoms with Gasteiger partial charge in [0.25, 0.3) is 5.56 Å². The van der Waals surface area contributed by atoms with Gasteiger partial charge >= 0.3 is 0 Å². The van der Waals surface area contributed by atoms with Crippen LogP contribution in [-0.4, -0.2) is 15.5 Å². The van der Waals surface area contributed by atoms with Crippen molar-refractivity contribution in [3.8, 4) is 0 Å². The van der Waals surface area contributed by atoms with E-state index in [4.69, 9.17) is 4.98 Å². The first kappa shape index (κ1) is 18.8. The van der Waals surface area contributed by atoms with Crippen LogP contribution in [0.3, 0.4) is 0 Å². The highest BCUT2D eigenvalue weighted by atomic mass is 32.1. The fourth-order valence-corrected chi connectivity index (χ4v) is 4.37. The van der Waals surface area contributed by atoms with Gasteiger partial charge in [0.2, 0.25) is 5.91 Å². The van der Waals surface area contributed by atoms with Gasteiger partial charge in [-0.3, -0.25) is 14.2 Å². The molecule has 1 saturated carbocycles. The van der Waals surface area contributed by atoms with Crippen molar-refractivity contribution < 1.29 is 4.79 Å². The van der Waals surface area contributed by atoms with Crippen LogP contribution in [0.2, 0.25) is 0 Å². The number of hydrogen-bond acceptors (Lipinski definition) is 4. The predicted octanol–water partition coefficient (Wildman–Crippen LogP) is 4.56. The van der Waals surface area contributed by atoms with Crippen molar-refractivity contribution in [3.05, 3.63) is 92.7 Å². The Morgan fingerprint density at radius 2 is 1.93 bits per heavy atom. The second-order valence-electron chi connectivity index (χ2n) is 7.66. The molecule has 1 aliphatic carbocycles. The van der Waals surface area contributed by atoms with Crippen molar-refractivity contribution in [2.75, 3.05) is 5.32 Å². The van der Waals surface area contributed by atoms with Crippen LogP contribution in [0.25, 0.3) is 10.9 Å². The van der Waals surface area contributed by atoms with Crippen molar-refractivity contribution in [2.24, 2.45) is 0 Å². The van der Waals surface area contributed by atoms with Crippen LogP contribution in [0.4, 0.5) is 5.69 Å². The number of hydrogen-bond donors (Lipinski definition) is 1. The number of nitrogens with zero attached hydrogens (tertiary/aromatic N) is 2. The number of anilines is 1. The molecule has 30 heavy (non-hydrogen) atoms. The number of rotatable bonds is 6. The lowest BCUT2D eigenvalue weighted by atomic mass is 10.1. The summed E-state index contributed by atoms with van der Waals surface area (Å²) < 4.78 is 1.80. The minimum Gasteiger partial charge on any atom is -0.326 e. The van der Waals surface area contributed by atoms with E-state index in [0.717, 1.165) is 29.1 Å². The molecule has 1 amide bonds. The summed E-state index contributed by atoms with van der Waals surface area (Å²) in [4.78, 5) is 31.6. The van der Waals surface area contributed by atoms with Crippen LogP contribution in [-0.2, 0) is 17.8 Å². The van der Waals surface area contributed by atoms with Gasteiger partial charge in [-0.1, -0.05) is 36.4 Å². The summed E-state index contributed by atoms with van der Waals surface area (Å²) in [5.41, 5.74) is 2.32. The minimum absolute atomic E-state index is 0.0555. The first-order chi connectivity index (χ1) is 14.7. The third-order valence-corrected chi connectivity index (χ3v) is 6.18. The van der Waals surface area contributed by atoms with Crippen molar-refractivity contribution in [1.82, 2.24) is 9.55 Å². The monoisotopic (exact) mass is 415 g/mol. The van der Waals surface area contributed by atoms with Gasteiger partial charge in [0.1, 0.15) is 5.82 Å². The average molecular weight is 416 g/mol. The highest BCUT2D eigenvalue weighted by molar-refractivity contribution is 7.10. The molecule has 0 aliphatic heterocycles. The molecule has 5 rings (SSSR count). The molecule has 0 unspecified atom stereocenters. The van der Waals surface area contributed by atoms with Crippen LogP contribution >= 0.6 is 11.3 Å². The number of amides is 1. The van der Waals surface area contributed by atoms with Crippen molar-refractivity contribution in [3.63, 3.8) is 0 Å². The summed E-state index contributed by atoms with van der Waals surface area (Å²) in [6.45, 7) is 0.503. The van der Waals surface area contributed by atoms with E-state index >= 15 is 0 Å². The molecule has 0 atom stereocenters. The molecule has 6 heteroatoms. The van der Waals surface area contributed by atoms with Crippen LogP contribution in [0.5, 0.6) is 0 Å². The standard InChI is InChI=1S/C24H21N3O2S/c28-22(14-19-7-4-12-30-19)25-18-10-11-21-20(13-18)24(29)27(23(26-21)17-8-9-17)15-16-5-2-1-3-6-16/h1-7,10-13,17H,8-9,14-15H2,(H,25,28). The van der Waals surface area contributed by atoms with Gasteiger partial charge in [0.15, 0.2) is 0 Å². The van der Waals surface area contributed by atoms with Crippen LogP contribution in [0.15, 0.2) is 70.8 Å². The van der Waals surface area contributed by atoms with E-state index < -0.39 is 0 Å². The maximum atomic E-state index is 13.4. The lowest BCUT2D eigenvalue weighted by Gasteiger charge is -2.14. The molecule has 0 spiro atoms. The maximum Gasteiger partial charge on any atom is 0.261 e. The molecule has 2 aromatic carbocycles. The summed E-state index contributed by atoms with van der Waals surface area (Å²) in [7, 11) is 0. The molecule has 2 heterocycles. The number of nitrogens with one attached hydrogen (secondary N) is 1. The van der Waals surface area contributed by atoms with Gasteiger partial charge in [-0.2, -0.15) is 0 Å². The molecule has 150 valence electrons. The number of carbonyl (C=O) groups is 1. The Morgan fingerprint density at radius 3 is 2.67 bits per heavy atom. The molecule has 1 aliphatic rings. The summed E-state index contributed by atoms with van der Waals surface area (Å²) >= 11 is 1.56. The van der Waals surface area contributed by atoms with Gasteiger partial charge < -0.3 is 5.32 Å². The number of thiophene rings is 1. The largest absolute Gasteiger partial charge is 0.326 e. The Morgan fingerprint density at radius 1 is 1.10 bits per heavy atom. The summed E-state index contributed by atoms with van der Waals surface area (Å²) in [5, 5.41) is 5.40. The number of benzene rings is 2. The van der Waals surface area contributed by atoms with E-state index in [1.54, 1.807) is 22.0 Å². The summed E-state index contributed by atoms with van der Waals surface area (Å²) in [5.74, 6) is 1.13. The fraction of sp³-hybridized carbons (Fsp3) is 0.208. The van der Waals surface area contributed by atoms with Gasteiger partial charge in [0.05, 0.1) is 23.9 Å². The van der Waals surface area contributed by atoms with Gasteiger partial charge in [-0.05, 0) is 48.1 Å². The van der Waals surface area contributed by atoms with E-state index in [1.165, 1.54) is 0 Å². The molecular weight excluding hydrogens is 394 g/mol. The van der Waals surface area contributed by atoms with Gasteiger partial charge in [-0.25, -0.2) is 4.98 Å². The topological polar surface area (TPSA) is 64.0 Å². The first-order valence-corrected chi connectivity index (χ1v) is 11.0. The SMILES string of the molecule is O=C(Cc1cccs1)Nc1ccc2nc(C3CC3)n(Cc3ccccc3)c(=O)c2c1. The Kier molecular flexibility index (Phi) is 4.93. The first-order valence-electron chi connectivity index (χ1n) is 10.1. The summed E-state index contributed by atoms with van der Waals surface area (Å²) in [6.07, 6.45) is 2.47. The molecule has 0 bridgehead atoms. The van der Waals surface area contributed by atoms with E-state index in [1.807, 2.05) is 60.0 Å². The zero-order valence-corrected chi connectivity index (χ0v) is 17.2. The maximum absolute atomic E-state index is 13.4. The molecule has 0 radical (unpaired) electrons. The molecule has 1 fully saturated rings. The van der Waals surface area contributed by atoms with Crippen LogP contribution < -0.4 is 10.9 Å². The number of carbonyl (C=O) groups excluding carboxylic acids is 1. The van der Waals surface area contributed by atoms with E-state index in [0.29, 0.717) is 35.5 Å². The normalized spacial score (nSPS) is 13.5. The second kappa shape index (κ2) is 7.88. The van der Waals surface area contributed by atoms with Crippen LogP contribution in [0, 0.1) is 0 Å². The molecule has 1 N–H and O–H groups in total. The molecule has 4 aromatic rings. The average Bonchev–Trinajstić information content (AvgIpc) is 3.47. The quantitative estimate of drug-likeness (QED) is 0.502. The van der Waals surface area contributed by atoms with Crippen molar-refractivity contribution >= 4 is 33.8 Å². The Balaban J connectivity index is 1.49. The molecular formula is C24H21N3O2S. The third kappa shape index (κ3) is 3.91. The van der Waals surface area contributed by atoms with Gasteiger partial charge in [0, 0.05) is 16.5 Å². The fourth-order valence-electron chi connectivity index (χ4n) is 3.66.